The lowest BCUT2D eigenvalue weighted by Crippen LogP contribution is -2.30. The first kappa shape index (κ1) is 22.5. The highest BCUT2D eigenvalue weighted by molar-refractivity contribution is 6.08. The molecule has 7 heteroatoms. The van der Waals surface area contributed by atoms with Crippen molar-refractivity contribution in [2.24, 2.45) is 0 Å². The van der Waals surface area contributed by atoms with Crippen LogP contribution in [0.3, 0.4) is 0 Å². The molecule has 2 amide bonds. The summed E-state index contributed by atoms with van der Waals surface area (Å²) < 4.78 is 0. The highest BCUT2D eigenvalue weighted by Gasteiger charge is 2.25. The van der Waals surface area contributed by atoms with Gasteiger partial charge in [-0.25, -0.2) is 4.98 Å². The molecule has 3 heterocycles. The summed E-state index contributed by atoms with van der Waals surface area (Å²) in [6.07, 6.45) is 2.72. The number of aromatic nitrogens is 2. The molecular formula is C26H29N5O2. The average Bonchev–Trinajstić information content (AvgIpc) is 3.24. The lowest BCUT2D eigenvalue weighted by Gasteiger charge is -2.23. The number of carbonyl (C=O) groups excluding carboxylic acids is 2. The number of hydrogen-bond donors (Lipinski definition) is 1. The molecule has 0 aliphatic carbocycles. The Labute approximate surface area is 194 Å². The summed E-state index contributed by atoms with van der Waals surface area (Å²) in [5.41, 5.74) is 4.85. The van der Waals surface area contributed by atoms with Gasteiger partial charge in [-0.3, -0.25) is 14.6 Å². The van der Waals surface area contributed by atoms with Crippen LogP contribution in [0.4, 0.5) is 17.2 Å². The Morgan fingerprint density at radius 1 is 1.09 bits per heavy atom. The Bertz CT molecular complexity index is 1160. The molecule has 0 bridgehead atoms. The van der Waals surface area contributed by atoms with Gasteiger partial charge in [-0.1, -0.05) is 6.07 Å². The molecule has 0 fully saturated rings. The number of fused-ring (bicyclic) bond motifs is 1. The maximum Gasteiger partial charge on any atom is 0.259 e. The molecule has 1 aromatic carbocycles. The van der Waals surface area contributed by atoms with E-state index in [9.17, 15) is 9.59 Å². The van der Waals surface area contributed by atoms with Gasteiger partial charge in [0.2, 0.25) is 5.91 Å². The minimum Gasteiger partial charge on any atom is -0.357 e. The van der Waals surface area contributed by atoms with E-state index in [4.69, 9.17) is 0 Å². The number of amides is 2. The van der Waals surface area contributed by atoms with Crippen molar-refractivity contribution in [2.75, 3.05) is 34.8 Å². The van der Waals surface area contributed by atoms with Crippen LogP contribution in [0.25, 0.3) is 0 Å². The second-order valence-corrected chi connectivity index (χ2v) is 8.09. The van der Waals surface area contributed by atoms with Crippen molar-refractivity contribution in [1.82, 2.24) is 9.97 Å². The van der Waals surface area contributed by atoms with Crippen LogP contribution < -0.4 is 15.1 Å². The van der Waals surface area contributed by atoms with Crippen molar-refractivity contribution in [3.63, 3.8) is 0 Å². The first-order valence-corrected chi connectivity index (χ1v) is 11.4. The van der Waals surface area contributed by atoms with E-state index in [1.165, 1.54) is 0 Å². The highest BCUT2D eigenvalue weighted by Crippen LogP contribution is 2.31. The summed E-state index contributed by atoms with van der Waals surface area (Å²) in [5.74, 6) is 0.536. The lowest BCUT2D eigenvalue weighted by atomic mass is 10.1. The van der Waals surface area contributed by atoms with Crippen LogP contribution in [0.5, 0.6) is 0 Å². The summed E-state index contributed by atoms with van der Waals surface area (Å²) in [4.78, 5) is 38.7. The van der Waals surface area contributed by atoms with Gasteiger partial charge in [-0.2, -0.15) is 0 Å². The molecule has 0 unspecified atom stereocenters. The van der Waals surface area contributed by atoms with Crippen molar-refractivity contribution in [3.05, 3.63) is 77.2 Å². The fraction of sp³-hybridized carbons (Fsp3) is 0.308. The molecule has 0 radical (unpaired) electrons. The second-order valence-electron chi connectivity index (χ2n) is 8.09. The predicted octanol–water partition coefficient (Wildman–Crippen LogP) is 4.02. The van der Waals surface area contributed by atoms with Gasteiger partial charge in [0, 0.05) is 48.6 Å². The monoisotopic (exact) mass is 443 g/mol. The van der Waals surface area contributed by atoms with Crippen LogP contribution in [-0.2, 0) is 17.6 Å². The van der Waals surface area contributed by atoms with Crippen LogP contribution in [-0.4, -0.2) is 41.4 Å². The molecule has 170 valence electrons. The zero-order valence-corrected chi connectivity index (χ0v) is 19.3. The first-order chi connectivity index (χ1) is 16.0. The SMILES string of the molecule is CCN(CC)c1nc(C)ccc1C(=O)Nc1ccc2c(c1)CCN2C(=O)Cc1ccccn1. The third-order valence-electron chi connectivity index (χ3n) is 5.91. The lowest BCUT2D eigenvalue weighted by molar-refractivity contribution is -0.117. The Kier molecular flexibility index (Phi) is 6.68. The van der Waals surface area contributed by atoms with Crippen LogP contribution in [0.2, 0.25) is 0 Å². The first-order valence-electron chi connectivity index (χ1n) is 11.4. The predicted molar refractivity (Wildman–Crippen MR) is 131 cm³/mol. The number of benzene rings is 1. The molecule has 2 aromatic heterocycles. The van der Waals surface area contributed by atoms with Crippen LogP contribution in [0.1, 0.15) is 41.2 Å². The zero-order chi connectivity index (χ0) is 23.4. The third kappa shape index (κ3) is 4.87. The number of rotatable bonds is 7. The molecule has 3 aromatic rings. The van der Waals surface area contributed by atoms with E-state index < -0.39 is 0 Å². The molecule has 0 spiro atoms. The van der Waals surface area contributed by atoms with E-state index >= 15 is 0 Å². The number of nitrogens with zero attached hydrogens (tertiary/aromatic N) is 4. The third-order valence-corrected chi connectivity index (χ3v) is 5.91. The molecule has 4 rings (SSSR count). The topological polar surface area (TPSA) is 78.4 Å². The molecule has 1 N–H and O–H groups in total. The largest absolute Gasteiger partial charge is 0.357 e. The molecule has 0 saturated heterocycles. The van der Waals surface area contributed by atoms with Crippen LogP contribution in [0.15, 0.2) is 54.7 Å². The number of hydrogen-bond acceptors (Lipinski definition) is 5. The van der Waals surface area contributed by atoms with Crippen molar-refractivity contribution in [3.8, 4) is 0 Å². The van der Waals surface area contributed by atoms with E-state index in [0.29, 0.717) is 23.6 Å². The molecule has 33 heavy (non-hydrogen) atoms. The summed E-state index contributed by atoms with van der Waals surface area (Å²) >= 11 is 0. The van der Waals surface area contributed by atoms with E-state index in [1.54, 1.807) is 11.1 Å². The fourth-order valence-electron chi connectivity index (χ4n) is 4.17. The molecule has 7 nitrogen and oxygen atoms in total. The summed E-state index contributed by atoms with van der Waals surface area (Å²) in [5, 5.41) is 3.02. The Morgan fingerprint density at radius 3 is 2.64 bits per heavy atom. The van der Waals surface area contributed by atoms with Gasteiger partial charge in [0.1, 0.15) is 5.82 Å². The van der Waals surface area contributed by atoms with Gasteiger partial charge in [0.25, 0.3) is 5.91 Å². The molecule has 0 saturated carbocycles. The minimum atomic E-state index is -0.189. The number of pyridine rings is 2. The number of anilines is 3. The van der Waals surface area contributed by atoms with Gasteiger partial charge in [0.15, 0.2) is 0 Å². The highest BCUT2D eigenvalue weighted by atomic mass is 16.2. The summed E-state index contributed by atoms with van der Waals surface area (Å²) in [7, 11) is 0. The molecule has 1 aliphatic rings. The Morgan fingerprint density at radius 2 is 1.91 bits per heavy atom. The maximum absolute atomic E-state index is 13.1. The second kappa shape index (κ2) is 9.81. The average molecular weight is 444 g/mol. The quantitative estimate of drug-likeness (QED) is 0.597. The molecule has 0 atom stereocenters. The van der Waals surface area contributed by atoms with Crippen LogP contribution in [0, 0.1) is 6.92 Å². The molecular weight excluding hydrogens is 414 g/mol. The number of aryl methyl sites for hydroxylation is 1. The van der Waals surface area contributed by atoms with E-state index in [2.05, 4.69) is 34.0 Å². The zero-order valence-electron chi connectivity index (χ0n) is 19.3. The van der Waals surface area contributed by atoms with Gasteiger partial charge in [-0.15, -0.1) is 0 Å². The summed E-state index contributed by atoms with van der Waals surface area (Å²) in [6.45, 7) is 8.21. The van der Waals surface area contributed by atoms with Gasteiger partial charge < -0.3 is 15.1 Å². The van der Waals surface area contributed by atoms with E-state index in [1.807, 2.05) is 55.5 Å². The van der Waals surface area contributed by atoms with E-state index in [0.717, 1.165) is 42.1 Å². The van der Waals surface area contributed by atoms with Crippen molar-refractivity contribution >= 4 is 29.0 Å². The van der Waals surface area contributed by atoms with Gasteiger partial charge in [-0.05, 0) is 75.2 Å². The summed E-state index contributed by atoms with van der Waals surface area (Å²) in [6, 6.07) is 15.0. The standard InChI is InChI=1S/C26H29N5O2/c1-4-30(5-2)25-22(11-9-18(3)28-25)26(33)29-21-10-12-23-19(16-21)13-15-31(23)24(32)17-20-8-6-7-14-27-20/h6-12,14,16H,4-5,13,15,17H2,1-3H3,(H,29,33). The Balaban J connectivity index is 1.50. The van der Waals surface area contributed by atoms with Crippen molar-refractivity contribution in [1.29, 1.82) is 0 Å². The maximum atomic E-state index is 13.1. The Hall–Kier alpha value is -3.74. The van der Waals surface area contributed by atoms with Crippen LogP contribution >= 0.6 is 0 Å². The van der Waals surface area contributed by atoms with Crippen molar-refractivity contribution < 1.29 is 9.59 Å². The van der Waals surface area contributed by atoms with Crippen molar-refractivity contribution in [2.45, 2.75) is 33.6 Å². The number of carbonyl (C=O) groups is 2. The molecule has 1 aliphatic heterocycles. The fourth-order valence-corrected chi connectivity index (χ4v) is 4.17. The number of nitrogens with one attached hydrogen (secondary N) is 1. The normalized spacial score (nSPS) is 12.4. The van der Waals surface area contributed by atoms with E-state index in [-0.39, 0.29) is 18.2 Å². The smallest absolute Gasteiger partial charge is 0.259 e. The van der Waals surface area contributed by atoms with Gasteiger partial charge in [0.05, 0.1) is 12.0 Å². The minimum absolute atomic E-state index is 0.0267. The van der Waals surface area contributed by atoms with Gasteiger partial charge >= 0.3 is 0 Å².